The van der Waals surface area contributed by atoms with Crippen LogP contribution in [0.5, 0.6) is 0 Å². The topological polar surface area (TPSA) is 52.6 Å². The van der Waals surface area contributed by atoms with Crippen molar-refractivity contribution in [2.75, 3.05) is 19.6 Å². The monoisotopic (exact) mass is 282 g/mol. The molecule has 2 aliphatic rings. The second-order valence-electron chi connectivity index (χ2n) is 6.90. The highest BCUT2D eigenvalue weighted by Gasteiger charge is 2.38. The lowest BCUT2D eigenvalue weighted by atomic mass is 9.95. The molecular weight excluding hydrogens is 252 g/mol. The molecule has 0 aromatic heterocycles. The Kier molecular flexibility index (Phi) is 5.44. The van der Waals surface area contributed by atoms with Crippen LogP contribution in [0.1, 0.15) is 58.8 Å². The number of nitrogens with zero attached hydrogens (tertiary/aromatic N) is 1. The summed E-state index contributed by atoms with van der Waals surface area (Å²) in [6.45, 7) is 7.57. The molecule has 1 saturated carbocycles. The van der Waals surface area contributed by atoms with Crippen molar-refractivity contribution in [2.45, 2.75) is 70.4 Å². The first-order chi connectivity index (χ1) is 9.53. The van der Waals surface area contributed by atoms with Gasteiger partial charge >= 0.3 is 5.97 Å². The van der Waals surface area contributed by atoms with Crippen molar-refractivity contribution < 1.29 is 9.90 Å². The highest BCUT2D eigenvalue weighted by Crippen LogP contribution is 2.26. The quantitative estimate of drug-likeness (QED) is 0.682. The minimum absolute atomic E-state index is 0.442. The molecular formula is C16H30N2O2. The standard InChI is InChI=1S/C16H30N2O2/c1-3-5-13-8-11-18(12-13)10-4-9-16(2,15(19)20)17-14-6-7-14/h13-14,17H,3-12H2,1-2H3,(H,19,20). The van der Waals surface area contributed by atoms with Crippen molar-refractivity contribution in [3.05, 3.63) is 0 Å². The summed E-state index contributed by atoms with van der Waals surface area (Å²) in [6.07, 6.45) is 7.91. The molecule has 2 N–H and O–H groups in total. The Morgan fingerprint density at radius 2 is 2.15 bits per heavy atom. The Labute approximate surface area is 122 Å². The van der Waals surface area contributed by atoms with Gasteiger partial charge in [-0.3, -0.25) is 10.1 Å². The molecule has 116 valence electrons. The molecule has 1 heterocycles. The molecule has 2 unspecified atom stereocenters. The SMILES string of the molecule is CCCC1CCN(CCCC(C)(NC2CC2)C(=O)O)C1. The summed E-state index contributed by atoms with van der Waals surface area (Å²) < 4.78 is 0. The minimum Gasteiger partial charge on any atom is -0.480 e. The van der Waals surface area contributed by atoms with Crippen LogP contribution >= 0.6 is 0 Å². The smallest absolute Gasteiger partial charge is 0.323 e. The summed E-state index contributed by atoms with van der Waals surface area (Å²) in [5.74, 6) is 0.171. The number of rotatable bonds is 9. The third-order valence-corrected chi connectivity index (χ3v) is 4.79. The van der Waals surface area contributed by atoms with E-state index in [9.17, 15) is 9.90 Å². The first-order valence-corrected chi connectivity index (χ1v) is 8.27. The molecule has 4 nitrogen and oxygen atoms in total. The van der Waals surface area contributed by atoms with Crippen LogP contribution in [-0.4, -0.2) is 47.2 Å². The van der Waals surface area contributed by atoms with Crippen LogP contribution < -0.4 is 5.32 Å². The van der Waals surface area contributed by atoms with Crippen molar-refractivity contribution in [3.63, 3.8) is 0 Å². The second kappa shape index (κ2) is 6.90. The molecule has 1 saturated heterocycles. The molecule has 2 fully saturated rings. The predicted molar refractivity (Wildman–Crippen MR) is 80.9 cm³/mol. The normalized spacial score (nSPS) is 26.6. The Morgan fingerprint density at radius 3 is 2.75 bits per heavy atom. The van der Waals surface area contributed by atoms with Gasteiger partial charge in [-0.05, 0) is 64.5 Å². The molecule has 0 bridgehead atoms. The fraction of sp³-hybridized carbons (Fsp3) is 0.938. The third-order valence-electron chi connectivity index (χ3n) is 4.79. The predicted octanol–water partition coefficient (Wildman–Crippen LogP) is 2.48. The van der Waals surface area contributed by atoms with Crippen molar-refractivity contribution in [1.82, 2.24) is 10.2 Å². The van der Waals surface area contributed by atoms with Gasteiger partial charge < -0.3 is 10.0 Å². The minimum atomic E-state index is -0.732. The van der Waals surface area contributed by atoms with Crippen LogP contribution in [-0.2, 0) is 4.79 Å². The molecule has 0 spiro atoms. The lowest BCUT2D eigenvalue weighted by molar-refractivity contribution is -0.144. The Hall–Kier alpha value is -0.610. The zero-order valence-corrected chi connectivity index (χ0v) is 13.0. The van der Waals surface area contributed by atoms with E-state index in [-0.39, 0.29) is 0 Å². The van der Waals surface area contributed by atoms with E-state index in [1.165, 1.54) is 32.4 Å². The zero-order valence-electron chi connectivity index (χ0n) is 13.0. The summed E-state index contributed by atoms with van der Waals surface area (Å²) in [4.78, 5) is 14.0. The first-order valence-electron chi connectivity index (χ1n) is 8.27. The van der Waals surface area contributed by atoms with E-state index in [1.807, 2.05) is 6.92 Å². The molecule has 1 aliphatic heterocycles. The fourth-order valence-electron chi connectivity index (χ4n) is 3.34. The summed E-state index contributed by atoms with van der Waals surface area (Å²) in [5, 5.41) is 12.7. The second-order valence-corrected chi connectivity index (χ2v) is 6.90. The van der Waals surface area contributed by atoms with Crippen LogP contribution in [0.15, 0.2) is 0 Å². The van der Waals surface area contributed by atoms with E-state index >= 15 is 0 Å². The maximum Gasteiger partial charge on any atom is 0.323 e. The maximum absolute atomic E-state index is 11.5. The van der Waals surface area contributed by atoms with Gasteiger partial charge in [-0.15, -0.1) is 0 Å². The molecule has 2 atom stereocenters. The number of carboxylic acid groups (broad SMARTS) is 1. The lowest BCUT2D eigenvalue weighted by Gasteiger charge is -2.27. The highest BCUT2D eigenvalue weighted by atomic mass is 16.4. The number of nitrogens with one attached hydrogen (secondary N) is 1. The van der Waals surface area contributed by atoms with Crippen molar-refractivity contribution in [1.29, 1.82) is 0 Å². The van der Waals surface area contributed by atoms with Gasteiger partial charge in [-0.2, -0.15) is 0 Å². The van der Waals surface area contributed by atoms with E-state index < -0.39 is 11.5 Å². The van der Waals surface area contributed by atoms with Crippen LogP contribution in [0.4, 0.5) is 0 Å². The molecule has 1 aliphatic carbocycles. The molecule has 4 heteroatoms. The third kappa shape index (κ3) is 4.45. The van der Waals surface area contributed by atoms with Gasteiger partial charge in [0, 0.05) is 12.6 Å². The number of likely N-dealkylation sites (tertiary alicyclic amines) is 1. The number of hydrogen-bond acceptors (Lipinski definition) is 3. The average Bonchev–Trinajstić information content (AvgIpc) is 3.08. The summed E-state index contributed by atoms with van der Waals surface area (Å²) in [6, 6.07) is 0.442. The van der Waals surface area contributed by atoms with E-state index in [0.29, 0.717) is 6.04 Å². The highest BCUT2D eigenvalue weighted by molar-refractivity contribution is 5.78. The Bertz CT molecular complexity index is 330. The van der Waals surface area contributed by atoms with Gasteiger partial charge in [0.1, 0.15) is 5.54 Å². The molecule has 0 aromatic carbocycles. The molecule has 0 radical (unpaired) electrons. The number of hydrogen-bond donors (Lipinski definition) is 2. The number of aliphatic carboxylic acids is 1. The zero-order chi connectivity index (χ0) is 14.6. The number of carbonyl (C=O) groups is 1. The van der Waals surface area contributed by atoms with Gasteiger partial charge in [-0.1, -0.05) is 13.3 Å². The van der Waals surface area contributed by atoms with Gasteiger partial charge in [0.05, 0.1) is 0 Å². The molecule has 2 rings (SSSR count). The summed E-state index contributed by atoms with van der Waals surface area (Å²) in [7, 11) is 0. The van der Waals surface area contributed by atoms with E-state index in [4.69, 9.17) is 0 Å². The van der Waals surface area contributed by atoms with Crippen LogP contribution in [0, 0.1) is 5.92 Å². The van der Waals surface area contributed by atoms with Crippen LogP contribution in [0.25, 0.3) is 0 Å². The largest absolute Gasteiger partial charge is 0.480 e. The molecule has 0 amide bonds. The Balaban J connectivity index is 1.69. The van der Waals surface area contributed by atoms with Crippen LogP contribution in [0.3, 0.4) is 0 Å². The lowest BCUT2D eigenvalue weighted by Crippen LogP contribution is -2.50. The van der Waals surface area contributed by atoms with Gasteiger partial charge in [-0.25, -0.2) is 0 Å². The maximum atomic E-state index is 11.5. The molecule has 20 heavy (non-hydrogen) atoms. The molecule has 0 aromatic rings. The van der Waals surface area contributed by atoms with Crippen molar-refractivity contribution in [3.8, 4) is 0 Å². The van der Waals surface area contributed by atoms with E-state index in [1.54, 1.807) is 0 Å². The van der Waals surface area contributed by atoms with E-state index in [2.05, 4.69) is 17.1 Å². The number of carboxylic acids is 1. The Morgan fingerprint density at radius 1 is 1.40 bits per heavy atom. The van der Waals surface area contributed by atoms with Crippen molar-refractivity contribution >= 4 is 5.97 Å². The van der Waals surface area contributed by atoms with Gasteiger partial charge in [0.15, 0.2) is 0 Å². The van der Waals surface area contributed by atoms with Gasteiger partial charge in [0.2, 0.25) is 0 Å². The average molecular weight is 282 g/mol. The fourth-order valence-corrected chi connectivity index (χ4v) is 3.34. The summed E-state index contributed by atoms with van der Waals surface area (Å²) in [5.41, 5.74) is -0.732. The van der Waals surface area contributed by atoms with Crippen molar-refractivity contribution in [2.24, 2.45) is 5.92 Å². The van der Waals surface area contributed by atoms with E-state index in [0.717, 1.165) is 38.1 Å². The van der Waals surface area contributed by atoms with Crippen LogP contribution in [0.2, 0.25) is 0 Å². The summed E-state index contributed by atoms with van der Waals surface area (Å²) >= 11 is 0. The first kappa shape index (κ1) is 15.8. The van der Waals surface area contributed by atoms with Gasteiger partial charge in [0.25, 0.3) is 0 Å².